The fourth-order valence-electron chi connectivity index (χ4n) is 2.11. The van der Waals surface area contributed by atoms with E-state index in [9.17, 15) is 5.11 Å². The van der Waals surface area contributed by atoms with Crippen molar-refractivity contribution in [2.24, 2.45) is 0 Å². The summed E-state index contributed by atoms with van der Waals surface area (Å²) in [4.78, 5) is 0. The van der Waals surface area contributed by atoms with Gasteiger partial charge in [0.15, 0.2) is 0 Å². The van der Waals surface area contributed by atoms with Crippen LogP contribution in [0.2, 0.25) is 0 Å². The summed E-state index contributed by atoms with van der Waals surface area (Å²) in [6.45, 7) is 0.152. The summed E-state index contributed by atoms with van der Waals surface area (Å²) >= 11 is 0. The first-order chi connectivity index (χ1) is 8.70. The predicted molar refractivity (Wildman–Crippen MR) is 75.3 cm³/mol. The molecule has 0 fully saturated rings. The van der Waals surface area contributed by atoms with E-state index in [4.69, 9.17) is 11.5 Å². The van der Waals surface area contributed by atoms with E-state index in [1.54, 1.807) is 0 Å². The third-order valence-corrected chi connectivity index (χ3v) is 3.10. The van der Waals surface area contributed by atoms with Crippen LogP contribution in [0, 0.1) is 0 Å². The molecule has 0 spiro atoms. The molecule has 0 unspecified atom stereocenters. The topological polar surface area (TPSA) is 72.3 Å². The quantitative estimate of drug-likeness (QED) is 0.721. The number of rotatable bonds is 4. The Kier molecular flexibility index (Phi) is 3.85. The number of hydrogen-bond acceptors (Lipinski definition) is 3. The van der Waals surface area contributed by atoms with Crippen molar-refractivity contribution in [2.45, 2.75) is 12.3 Å². The van der Waals surface area contributed by atoms with Crippen LogP contribution < -0.4 is 11.5 Å². The van der Waals surface area contributed by atoms with Crippen molar-refractivity contribution in [3.8, 4) is 0 Å². The molecule has 0 aliphatic carbocycles. The number of anilines is 2. The van der Waals surface area contributed by atoms with E-state index in [0.717, 1.165) is 22.5 Å². The fourth-order valence-corrected chi connectivity index (χ4v) is 2.11. The van der Waals surface area contributed by atoms with Crippen LogP contribution >= 0.6 is 0 Å². The molecule has 0 atom stereocenters. The Morgan fingerprint density at radius 2 is 1.17 bits per heavy atom. The zero-order valence-electron chi connectivity index (χ0n) is 10.2. The van der Waals surface area contributed by atoms with Crippen LogP contribution in [0.3, 0.4) is 0 Å². The van der Waals surface area contributed by atoms with Crippen LogP contribution in [0.15, 0.2) is 48.5 Å². The van der Waals surface area contributed by atoms with Crippen LogP contribution in [-0.2, 0) is 0 Å². The van der Waals surface area contributed by atoms with Gasteiger partial charge in [0.2, 0.25) is 0 Å². The van der Waals surface area contributed by atoms with E-state index < -0.39 is 0 Å². The lowest BCUT2D eigenvalue weighted by atomic mass is 9.88. The molecule has 94 valence electrons. The van der Waals surface area contributed by atoms with Crippen molar-refractivity contribution < 1.29 is 5.11 Å². The zero-order chi connectivity index (χ0) is 13.0. The monoisotopic (exact) mass is 242 g/mol. The molecule has 0 aromatic heterocycles. The third kappa shape index (κ3) is 2.81. The molecule has 3 heteroatoms. The van der Waals surface area contributed by atoms with Gasteiger partial charge in [-0.1, -0.05) is 24.3 Å². The predicted octanol–water partition coefficient (Wildman–Crippen LogP) is 2.37. The van der Waals surface area contributed by atoms with Crippen molar-refractivity contribution in [3.63, 3.8) is 0 Å². The van der Waals surface area contributed by atoms with E-state index in [2.05, 4.69) is 0 Å². The molecule has 3 nitrogen and oxygen atoms in total. The van der Waals surface area contributed by atoms with Crippen LogP contribution in [0.4, 0.5) is 11.4 Å². The standard InChI is InChI=1S/C15H18N2O/c16-13-5-1-11(2-6-13)15(9-10-18)12-3-7-14(17)8-4-12/h1-8,15,18H,9-10,16-17H2. The summed E-state index contributed by atoms with van der Waals surface area (Å²) < 4.78 is 0. The lowest BCUT2D eigenvalue weighted by Crippen LogP contribution is -2.04. The average Bonchev–Trinajstić information content (AvgIpc) is 2.39. The van der Waals surface area contributed by atoms with Gasteiger partial charge in [0.25, 0.3) is 0 Å². The minimum atomic E-state index is 0.152. The second kappa shape index (κ2) is 5.56. The number of aliphatic hydroxyl groups is 1. The normalized spacial score (nSPS) is 10.8. The molecule has 2 rings (SSSR count). The van der Waals surface area contributed by atoms with Gasteiger partial charge in [0.05, 0.1) is 0 Å². The Morgan fingerprint density at radius 3 is 1.50 bits per heavy atom. The molecule has 2 aromatic rings. The maximum Gasteiger partial charge on any atom is 0.0440 e. The van der Waals surface area contributed by atoms with Crippen molar-refractivity contribution in [3.05, 3.63) is 59.7 Å². The fraction of sp³-hybridized carbons (Fsp3) is 0.200. The van der Waals surface area contributed by atoms with Crippen LogP contribution in [-0.4, -0.2) is 11.7 Å². The Bertz CT molecular complexity index is 445. The highest BCUT2D eigenvalue weighted by Gasteiger charge is 2.13. The smallest absolute Gasteiger partial charge is 0.0440 e. The Hall–Kier alpha value is -2.00. The number of nitrogen functional groups attached to an aromatic ring is 2. The minimum Gasteiger partial charge on any atom is -0.399 e. The summed E-state index contributed by atoms with van der Waals surface area (Å²) in [5.41, 5.74) is 15.2. The molecule has 2 aromatic carbocycles. The zero-order valence-corrected chi connectivity index (χ0v) is 10.2. The second-order valence-corrected chi connectivity index (χ2v) is 4.40. The summed E-state index contributed by atoms with van der Waals surface area (Å²) in [6.07, 6.45) is 0.688. The molecule has 0 heterocycles. The van der Waals surface area contributed by atoms with Gasteiger partial charge in [0.1, 0.15) is 0 Å². The molecule has 0 saturated heterocycles. The van der Waals surface area contributed by atoms with Gasteiger partial charge in [-0.25, -0.2) is 0 Å². The molecule has 5 N–H and O–H groups in total. The second-order valence-electron chi connectivity index (χ2n) is 4.40. The molecule has 0 aliphatic rings. The maximum atomic E-state index is 9.22. The Balaban J connectivity index is 2.33. The number of nitrogens with two attached hydrogens (primary N) is 2. The van der Waals surface area contributed by atoms with Gasteiger partial charge in [-0.15, -0.1) is 0 Å². The molecule has 0 radical (unpaired) electrons. The lowest BCUT2D eigenvalue weighted by Gasteiger charge is -2.17. The van der Waals surface area contributed by atoms with Gasteiger partial charge >= 0.3 is 0 Å². The van der Waals surface area contributed by atoms with Crippen LogP contribution in [0.1, 0.15) is 23.5 Å². The molecule has 0 amide bonds. The molecule has 0 saturated carbocycles. The molecular weight excluding hydrogens is 224 g/mol. The summed E-state index contributed by atoms with van der Waals surface area (Å²) in [7, 11) is 0. The third-order valence-electron chi connectivity index (χ3n) is 3.10. The summed E-state index contributed by atoms with van der Waals surface area (Å²) in [6, 6.07) is 15.6. The van der Waals surface area contributed by atoms with E-state index in [-0.39, 0.29) is 12.5 Å². The number of aliphatic hydroxyl groups excluding tert-OH is 1. The van der Waals surface area contributed by atoms with Gasteiger partial charge in [-0.2, -0.15) is 0 Å². The molecule has 18 heavy (non-hydrogen) atoms. The van der Waals surface area contributed by atoms with Gasteiger partial charge < -0.3 is 16.6 Å². The largest absolute Gasteiger partial charge is 0.399 e. The molecular formula is C15H18N2O. The van der Waals surface area contributed by atoms with Gasteiger partial charge in [0, 0.05) is 23.9 Å². The number of benzene rings is 2. The van der Waals surface area contributed by atoms with Crippen molar-refractivity contribution in [1.82, 2.24) is 0 Å². The highest BCUT2D eigenvalue weighted by atomic mass is 16.3. The maximum absolute atomic E-state index is 9.22. The van der Waals surface area contributed by atoms with E-state index in [0.29, 0.717) is 6.42 Å². The van der Waals surface area contributed by atoms with Gasteiger partial charge in [-0.05, 0) is 41.8 Å². The first-order valence-electron chi connectivity index (χ1n) is 6.02. The average molecular weight is 242 g/mol. The Labute approximate surface area is 107 Å². The van der Waals surface area contributed by atoms with Gasteiger partial charge in [-0.3, -0.25) is 0 Å². The highest BCUT2D eigenvalue weighted by Crippen LogP contribution is 2.28. The highest BCUT2D eigenvalue weighted by molar-refractivity contribution is 5.45. The minimum absolute atomic E-state index is 0.152. The van der Waals surface area contributed by atoms with Crippen molar-refractivity contribution >= 4 is 11.4 Å². The molecule has 0 bridgehead atoms. The lowest BCUT2D eigenvalue weighted by molar-refractivity contribution is 0.281. The first kappa shape index (κ1) is 12.5. The Morgan fingerprint density at radius 1 is 0.778 bits per heavy atom. The summed E-state index contributed by atoms with van der Waals surface area (Å²) in [5.74, 6) is 0.177. The molecule has 0 aliphatic heterocycles. The van der Waals surface area contributed by atoms with Crippen molar-refractivity contribution in [2.75, 3.05) is 18.1 Å². The van der Waals surface area contributed by atoms with E-state index in [1.807, 2.05) is 48.5 Å². The van der Waals surface area contributed by atoms with Crippen LogP contribution in [0.25, 0.3) is 0 Å². The number of hydrogen-bond donors (Lipinski definition) is 3. The van der Waals surface area contributed by atoms with E-state index >= 15 is 0 Å². The summed E-state index contributed by atoms with van der Waals surface area (Å²) in [5, 5.41) is 9.22. The van der Waals surface area contributed by atoms with E-state index in [1.165, 1.54) is 0 Å². The first-order valence-corrected chi connectivity index (χ1v) is 6.02. The van der Waals surface area contributed by atoms with Crippen LogP contribution in [0.5, 0.6) is 0 Å². The SMILES string of the molecule is Nc1ccc(C(CCO)c2ccc(N)cc2)cc1. The van der Waals surface area contributed by atoms with Crippen molar-refractivity contribution in [1.29, 1.82) is 0 Å².